The van der Waals surface area contributed by atoms with Crippen LogP contribution in [0.25, 0.3) is 0 Å². The molecule has 0 atom stereocenters. The molecule has 0 saturated carbocycles. The lowest BCUT2D eigenvalue weighted by atomic mass is 10.1. The lowest BCUT2D eigenvalue weighted by Gasteiger charge is -2.22. The molecule has 3 nitrogen and oxygen atoms in total. The van der Waals surface area contributed by atoms with Crippen LogP contribution in [0.5, 0.6) is 0 Å². The number of rotatable bonds is 4. The lowest BCUT2D eigenvalue weighted by Crippen LogP contribution is -2.35. The summed E-state index contributed by atoms with van der Waals surface area (Å²) in [6, 6.07) is 8.71. The number of hydrogen-bond acceptors (Lipinski definition) is 2. The molecule has 0 aliphatic heterocycles. The molecule has 0 aliphatic carbocycles. The molecule has 1 aromatic carbocycles. The van der Waals surface area contributed by atoms with Gasteiger partial charge in [-0.15, -0.1) is 11.8 Å². The highest BCUT2D eigenvalue weighted by molar-refractivity contribution is 7.98. The Morgan fingerprint density at radius 1 is 1.06 bits per heavy atom. The van der Waals surface area contributed by atoms with Crippen LogP contribution in [0.1, 0.15) is 5.56 Å². The molecule has 100 valence electrons. The van der Waals surface area contributed by atoms with Gasteiger partial charge in [0.15, 0.2) is 5.96 Å². The van der Waals surface area contributed by atoms with Gasteiger partial charge in [0.2, 0.25) is 0 Å². The van der Waals surface area contributed by atoms with Crippen molar-refractivity contribution < 1.29 is 0 Å². The molecule has 0 aliphatic rings. The molecule has 1 rings (SSSR count). The third-order valence-electron chi connectivity index (χ3n) is 2.61. The van der Waals surface area contributed by atoms with Crippen LogP contribution in [0.2, 0.25) is 0 Å². The van der Waals surface area contributed by atoms with Crippen LogP contribution < -0.4 is 0 Å². The van der Waals surface area contributed by atoms with E-state index < -0.39 is 0 Å². The molecule has 18 heavy (non-hydrogen) atoms. The largest absolute Gasteiger partial charge is 0.349 e. The SMILES string of the molecule is CSc1ccc(CCN=C(N(C)C)N(C)C)cc1. The van der Waals surface area contributed by atoms with Gasteiger partial charge in [0, 0.05) is 39.6 Å². The van der Waals surface area contributed by atoms with Gasteiger partial charge in [-0.1, -0.05) is 12.1 Å². The highest BCUT2D eigenvalue weighted by Crippen LogP contribution is 2.15. The summed E-state index contributed by atoms with van der Waals surface area (Å²) in [5, 5.41) is 0. The van der Waals surface area contributed by atoms with Gasteiger partial charge >= 0.3 is 0 Å². The van der Waals surface area contributed by atoms with E-state index in [4.69, 9.17) is 0 Å². The van der Waals surface area contributed by atoms with Gasteiger partial charge in [0.25, 0.3) is 0 Å². The van der Waals surface area contributed by atoms with Crippen LogP contribution in [0, 0.1) is 0 Å². The first-order valence-corrected chi connectivity index (χ1v) is 7.29. The fourth-order valence-corrected chi connectivity index (χ4v) is 2.17. The minimum absolute atomic E-state index is 0.824. The van der Waals surface area contributed by atoms with Crippen molar-refractivity contribution in [2.75, 3.05) is 41.0 Å². The minimum Gasteiger partial charge on any atom is -0.349 e. The van der Waals surface area contributed by atoms with Gasteiger partial charge in [-0.2, -0.15) is 0 Å². The molecule has 1 aromatic rings. The average Bonchev–Trinajstić information content (AvgIpc) is 2.34. The number of aliphatic imine (C=N–C) groups is 1. The van der Waals surface area contributed by atoms with Gasteiger partial charge in [0.1, 0.15) is 0 Å². The summed E-state index contributed by atoms with van der Waals surface area (Å²) >= 11 is 1.77. The van der Waals surface area contributed by atoms with Crippen molar-refractivity contribution in [3.8, 4) is 0 Å². The summed E-state index contributed by atoms with van der Waals surface area (Å²) in [6.07, 6.45) is 3.08. The van der Waals surface area contributed by atoms with E-state index in [2.05, 4.69) is 35.5 Å². The Bertz CT molecular complexity index is 373. The Labute approximate surface area is 115 Å². The Morgan fingerprint density at radius 2 is 1.61 bits per heavy atom. The molecule has 0 bridgehead atoms. The summed E-state index contributed by atoms with van der Waals surface area (Å²) < 4.78 is 0. The second-order valence-corrected chi connectivity index (χ2v) is 5.45. The van der Waals surface area contributed by atoms with E-state index in [0.29, 0.717) is 0 Å². The van der Waals surface area contributed by atoms with Crippen molar-refractivity contribution in [3.63, 3.8) is 0 Å². The van der Waals surface area contributed by atoms with Gasteiger partial charge in [0.05, 0.1) is 0 Å². The summed E-state index contributed by atoms with van der Waals surface area (Å²) in [5.41, 5.74) is 1.34. The first-order chi connectivity index (χ1) is 8.54. The Morgan fingerprint density at radius 3 is 2.06 bits per heavy atom. The second kappa shape index (κ2) is 7.31. The van der Waals surface area contributed by atoms with Crippen LogP contribution in [-0.2, 0) is 6.42 Å². The van der Waals surface area contributed by atoms with E-state index in [1.165, 1.54) is 10.5 Å². The van der Waals surface area contributed by atoms with Crippen molar-refractivity contribution in [1.29, 1.82) is 0 Å². The van der Waals surface area contributed by atoms with Crippen molar-refractivity contribution in [1.82, 2.24) is 9.80 Å². The number of hydrogen-bond donors (Lipinski definition) is 0. The summed E-state index contributed by atoms with van der Waals surface area (Å²) in [5.74, 6) is 1.01. The summed E-state index contributed by atoms with van der Waals surface area (Å²) in [4.78, 5) is 10.0. The van der Waals surface area contributed by atoms with Gasteiger partial charge in [-0.3, -0.25) is 4.99 Å². The van der Waals surface area contributed by atoms with Crippen LogP contribution in [0.4, 0.5) is 0 Å². The number of guanidine groups is 1. The van der Waals surface area contributed by atoms with Crippen LogP contribution in [0.3, 0.4) is 0 Å². The predicted octanol–water partition coefficient (Wildman–Crippen LogP) is 2.43. The first-order valence-electron chi connectivity index (χ1n) is 6.06. The maximum absolute atomic E-state index is 4.62. The molecule has 0 spiro atoms. The van der Waals surface area contributed by atoms with E-state index >= 15 is 0 Å². The number of thioether (sulfide) groups is 1. The van der Waals surface area contributed by atoms with Gasteiger partial charge in [-0.05, 0) is 30.4 Å². The van der Waals surface area contributed by atoms with E-state index in [1.807, 2.05) is 38.0 Å². The van der Waals surface area contributed by atoms with Crippen LogP contribution in [-0.4, -0.2) is 56.8 Å². The molecule has 0 fully saturated rings. The van der Waals surface area contributed by atoms with Gasteiger partial charge < -0.3 is 9.80 Å². The van der Waals surface area contributed by atoms with Crippen LogP contribution in [0.15, 0.2) is 34.2 Å². The normalized spacial score (nSPS) is 10.1. The molecule has 4 heteroatoms. The third kappa shape index (κ3) is 4.61. The highest BCUT2D eigenvalue weighted by Gasteiger charge is 2.03. The number of benzene rings is 1. The van der Waals surface area contributed by atoms with Crippen molar-refractivity contribution in [2.45, 2.75) is 11.3 Å². The topological polar surface area (TPSA) is 18.8 Å². The van der Waals surface area contributed by atoms with Crippen LogP contribution >= 0.6 is 11.8 Å². The molecule has 0 heterocycles. The van der Waals surface area contributed by atoms with Gasteiger partial charge in [-0.25, -0.2) is 0 Å². The zero-order chi connectivity index (χ0) is 13.5. The molecular formula is C14H23N3S. The lowest BCUT2D eigenvalue weighted by molar-refractivity contribution is 0.479. The average molecular weight is 265 g/mol. The van der Waals surface area contributed by atoms with Crippen molar-refractivity contribution in [3.05, 3.63) is 29.8 Å². The highest BCUT2D eigenvalue weighted by atomic mass is 32.2. The standard InChI is InChI=1S/C14H23N3S/c1-16(2)14(17(3)4)15-11-10-12-6-8-13(18-5)9-7-12/h6-9H,10-11H2,1-5H3. The quantitative estimate of drug-likeness (QED) is 0.473. The molecule has 0 unspecified atom stereocenters. The first kappa shape index (κ1) is 14.9. The van der Waals surface area contributed by atoms with E-state index in [9.17, 15) is 0 Å². The summed E-state index contributed by atoms with van der Waals surface area (Å²) in [7, 11) is 8.08. The Balaban J connectivity index is 2.56. The monoisotopic (exact) mass is 265 g/mol. The maximum Gasteiger partial charge on any atom is 0.195 e. The van der Waals surface area contributed by atoms with E-state index in [1.54, 1.807) is 11.8 Å². The molecule has 0 N–H and O–H groups in total. The third-order valence-corrected chi connectivity index (χ3v) is 3.36. The maximum atomic E-state index is 4.62. The Hall–Kier alpha value is -1.16. The number of nitrogens with zero attached hydrogens (tertiary/aromatic N) is 3. The van der Waals surface area contributed by atoms with E-state index in [0.717, 1.165) is 18.9 Å². The zero-order valence-electron chi connectivity index (χ0n) is 12.0. The molecule has 0 radical (unpaired) electrons. The second-order valence-electron chi connectivity index (χ2n) is 4.57. The minimum atomic E-state index is 0.824. The molecule has 0 aromatic heterocycles. The zero-order valence-corrected chi connectivity index (χ0v) is 12.8. The van der Waals surface area contributed by atoms with Crippen molar-refractivity contribution in [2.24, 2.45) is 4.99 Å². The molecule has 0 amide bonds. The fourth-order valence-electron chi connectivity index (χ4n) is 1.76. The molecule has 0 saturated heterocycles. The smallest absolute Gasteiger partial charge is 0.195 e. The van der Waals surface area contributed by atoms with E-state index in [-0.39, 0.29) is 0 Å². The predicted molar refractivity (Wildman–Crippen MR) is 81.6 cm³/mol. The fraction of sp³-hybridized carbons (Fsp3) is 0.500. The summed E-state index contributed by atoms with van der Waals surface area (Å²) in [6.45, 7) is 0.824. The molecular weight excluding hydrogens is 242 g/mol. The Kier molecular flexibility index (Phi) is 6.05. The van der Waals surface area contributed by atoms with Crippen molar-refractivity contribution >= 4 is 17.7 Å².